The zero-order chi connectivity index (χ0) is 12.3. The number of benzene rings is 1. The van der Waals surface area contributed by atoms with Gasteiger partial charge in [0.15, 0.2) is 0 Å². The lowest BCUT2D eigenvalue weighted by molar-refractivity contribution is 0.187. The maximum atomic E-state index is 11.0. The monoisotopic (exact) mass is 231 g/mol. The second kappa shape index (κ2) is 4.74. The molecule has 4 nitrogen and oxygen atoms in total. The molecule has 2 rings (SSSR count). The zero-order valence-corrected chi connectivity index (χ0v) is 9.69. The van der Waals surface area contributed by atoms with Crippen LogP contribution in [0.5, 0.6) is 0 Å². The highest BCUT2D eigenvalue weighted by Crippen LogP contribution is 2.23. The summed E-state index contributed by atoms with van der Waals surface area (Å²) in [5, 5.41) is 2.58. The topological polar surface area (TPSA) is 51.5 Å². The fourth-order valence-electron chi connectivity index (χ4n) is 1.48. The van der Waals surface area contributed by atoms with Crippen molar-refractivity contribution in [3.8, 4) is 11.3 Å². The van der Waals surface area contributed by atoms with Crippen LogP contribution in [-0.4, -0.2) is 13.2 Å². The normalized spacial score (nSPS) is 10.0. The molecule has 0 saturated heterocycles. The second-order valence-corrected chi connectivity index (χ2v) is 3.60. The van der Waals surface area contributed by atoms with Crippen molar-refractivity contribution in [2.45, 2.75) is 6.92 Å². The van der Waals surface area contributed by atoms with Gasteiger partial charge in [-0.1, -0.05) is 0 Å². The molecule has 0 aliphatic carbocycles. The van der Waals surface area contributed by atoms with Crippen LogP contribution in [0.4, 0.5) is 10.5 Å². The number of anilines is 1. The Morgan fingerprint density at radius 3 is 2.41 bits per heavy atom. The average Bonchev–Trinajstić information content (AvgIpc) is 2.77. The number of carbonyl (C=O) groups is 1. The Hall–Kier alpha value is -2.23. The van der Waals surface area contributed by atoms with E-state index in [0.29, 0.717) is 5.69 Å². The Morgan fingerprint density at radius 2 is 1.88 bits per heavy atom. The number of hydrogen-bond acceptors (Lipinski definition) is 3. The van der Waals surface area contributed by atoms with Crippen molar-refractivity contribution in [2.75, 3.05) is 12.4 Å². The van der Waals surface area contributed by atoms with Crippen LogP contribution in [0.3, 0.4) is 0 Å². The fraction of sp³-hybridized carbons (Fsp3) is 0.154. The molecule has 0 aliphatic heterocycles. The Bertz CT molecular complexity index is 514. The van der Waals surface area contributed by atoms with Gasteiger partial charge in [-0.2, -0.15) is 0 Å². The van der Waals surface area contributed by atoms with Crippen molar-refractivity contribution < 1.29 is 13.9 Å². The number of nitrogens with one attached hydrogen (secondary N) is 1. The van der Waals surface area contributed by atoms with E-state index >= 15 is 0 Å². The van der Waals surface area contributed by atoms with Crippen LogP contribution in [-0.2, 0) is 4.74 Å². The first-order chi connectivity index (χ1) is 8.19. The molecular weight excluding hydrogens is 218 g/mol. The number of carbonyl (C=O) groups excluding carboxylic acids is 1. The van der Waals surface area contributed by atoms with Gasteiger partial charge in [-0.05, 0) is 43.3 Å². The van der Waals surface area contributed by atoms with Gasteiger partial charge in [-0.3, -0.25) is 5.32 Å². The summed E-state index contributed by atoms with van der Waals surface area (Å²) in [6.45, 7) is 1.90. The van der Waals surface area contributed by atoms with Crippen LogP contribution in [0.15, 0.2) is 40.8 Å². The molecule has 1 N–H and O–H groups in total. The lowest BCUT2D eigenvalue weighted by Crippen LogP contribution is -2.10. The minimum atomic E-state index is -0.480. The molecule has 1 amide bonds. The van der Waals surface area contributed by atoms with E-state index in [0.717, 1.165) is 17.1 Å². The predicted octanol–water partition coefficient (Wildman–Crippen LogP) is 3.43. The first kappa shape index (κ1) is 11.3. The van der Waals surface area contributed by atoms with Gasteiger partial charge < -0.3 is 9.15 Å². The van der Waals surface area contributed by atoms with Crippen molar-refractivity contribution >= 4 is 11.8 Å². The van der Waals surface area contributed by atoms with E-state index in [1.54, 1.807) is 12.1 Å². The van der Waals surface area contributed by atoms with Crippen molar-refractivity contribution in [3.63, 3.8) is 0 Å². The zero-order valence-electron chi connectivity index (χ0n) is 9.69. The maximum absolute atomic E-state index is 11.0. The van der Waals surface area contributed by atoms with E-state index in [-0.39, 0.29) is 0 Å². The number of furan rings is 1. The molecule has 0 fully saturated rings. The number of rotatable bonds is 2. The lowest BCUT2D eigenvalue weighted by atomic mass is 10.1. The van der Waals surface area contributed by atoms with Crippen molar-refractivity contribution in [1.29, 1.82) is 0 Å². The van der Waals surface area contributed by atoms with Gasteiger partial charge in [0, 0.05) is 11.3 Å². The summed E-state index contributed by atoms with van der Waals surface area (Å²) in [6, 6.07) is 11.2. The third-order valence-electron chi connectivity index (χ3n) is 2.34. The predicted molar refractivity (Wildman–Crippen MR) is 64.9 cm³/mol. The molecule has 1 aromatic carbocycles. The highest BCUT2D eigenvalue weighted by molar-refractivity contribution is 5.84. The molecule has 2 aromatic rings. The number of hydrogen-bond donors (Lipinski definition) is 1. The molecule has 0 spiro atoms. The molecule has 0 saturated carbocycles. The Balaban J connectivity index is 2.15. The fourth-order valence-corrected chi connectivity index (χ4v) is 1.48. The summed E-state index contributed by atoms with van der Waals surface area (Å²) in [6.07, 6.45) is -0.480. The standard InChI is InChI=1S/C13H13NO3/c1-9-3-8-12(17-9)10-4-6-11(7-5-10)14-13(15)16-2/h3-8H,1-2H3,(H,14,15). The highest BCUT2D eigenvalue weighted by atomic mass is 16.5. The van der Waals surface area contributed by atoms with E-state index in [9.17, 15) is 4.79 Å². The van der Waals surface area contributed by atoms with Crippen LogP contribution in [0, 0.1) is 6.92 Å². The molecule has 17 heavy (non-hydrogen) atoms. The third-order valence-corrected chi connectivity index (χ3v) is 2.34. The number of methoxy groups -OCH3 is 1. The molecular formula is C13H13NO3. The van der Waals surface area contributed by atoms with Gasteiger partial charge in [0.2, 0.25) is 0 Å². The molecule has 1 heterocycles. The molecule has 0 unspecified atom stereocenters. The molecule has 88 valence electrons. The summed E-state index contributed by atoms with van der Waals surface area (Å²) in [7, 11) is 1.33. The van der Waals surface area contributed by atoms with Gasteiger partial charge >= 0.3 is 6.09 Å². The lowest BCUT2D eigenvalue weighted by Gasteiger charge is -2.04. The summed E-state index contributed by atoms with van der Waals surface area (Å²) in [5.74, 6) is 1.68. The van der Waals surface area contributed by atoms with Crippen LogP contribution in [0.1, 0.15) is 5.76 Å². The molecule has 1 aromatic heterocycles. The summed E-state index contributed by atoms with van der Waals surface area (Å²) in [5.41, 5.74) is 1.65. The third kappa shape index (κ3) is 2.66. The molecule has 0 bridgehead atoms. The number of aryl methyl sites for hydroxylation is 1. The van der Waals surface area contributed by atoms with Crippen LogP contribution >= 0.6 is 0 Å². The summed E-state index contributed by atoms with van der Waals surface area (Å²) >= 11 is 0. The first-order valence-electron chi connectivity index (χ1n) is 5.21. The highest BCUT2D eigenvalue weighted by Gasteiger charge is 2.04. The summed E-state index contributed by atoms with van der Waals surface area (Å²) in [4.78, 5) is 11.0. The van der Waals surface area contributed by atoms with Crippen molar-refractivity contribution in [2.24, 2.45) is 0 Å². The summed E-state index contributed by atoms with van der Waals surface area (Å²) < 4.78 is 10.0. The van der Waals surface area contributed by atoms with Crippen molar-refractivity contribution in [1.82, 2.24) is 0 Å². The minimum absolute atomic E-state index is 0.480. The van der Waals surface area contributed by atoms with E-state index in [4.69, 9.17) is 4.42 Å². The molecule has 4 heteroatoms. The molecule has 0 aliphatic rings. The molecule has 0 atom stereocenters. The smallest absolute Gasteiger partial charge is 0.411 e. The largest absolute Gasteiger partial charge is 0.461 e. The number of amides is 1. The van der Waals surface area contributed by atoms with Gasteiger partial charge in [0.05, 0.1) is 7.11 Å². The van der Waals surface area contributed by atoms with Crippen LogP contribution < -0.4 is 5.32 Å². The van der Waals surface area contributed by atoms with Crippen LogP contribution in [0.2, 0.25) is 0 Å². The van der Waals surface area contributed by atoms with Crippen LogP contribution in [0.25, 0.3) is 11.3 Å². The van der Waals surface area contributed by atoms with E-state index in [1.165, 1.54) is 7.11 Å². The quantitative estimate of drug-likeness (QED) is 0.861. The van der Waals surface area contributed by atoms with E-state index < -0.39 is 6.09 Å². The van der Waals surface area contributed by atoms with Gasteiger partial charge in [-0.25, -0.2) is 4.79 Å². The van der Waals surface area contributed by atoms with Gasteiger partial charge in [0.25, 0.3) is 0 Å². The SMILES string of the molecule is COC(=O)Nc1ccc(-c2ccc(C)o2)cc1. The Labute approximate surface area is 99.2 Å². The minimum Gasteiger partial charge on any atom is -0.461 e. The second-order valence-electron chi connectivity index (χ2n) is 3.60. The Kier molecular flexibility index (Phi) is 3.14. The number of ether oxygens (including phenoxy) is 1. The first-order valence-corrected chi connectivity index (χ1v) is 5.21. The Morgan fingerprint density at radius 1 is 1.18 bits per heavy atom. The van der Waals surface area contributed by atoms with Crippen molar-refractivity contribution in [3.05, 3.63) is 42.2 Å². The average molecular weight is 231 g/mol. The maximum Gasteiger partial charge on any atom is 0.411 e. The van der Waals surface area contributed by atoms with E-state index in [1.807, 2.05) is 31.2 Å². The molecule has 0 radical (unpaired) electrons. The van der Waals surface area contributed by atoms with E-state index in [2.05, 4.69) is 10.1 Å². The van der Waals surface area contributed by atoms with Gasteiger partial charge in [0.1, 0.15) is 11.5 Å². The van der Waals surface area contributed by atoms with Gasteiger partial charge in [-0.15, -0.1) is 0 Å².